The molecule has 0 aromatic carbocycles. The van der Waals surface area contributed by atoms with Crippen LogP contribution < -0.4 is 0 Å². The first-order valence-corrected chi connectivity index (χ1v) is 4.19. The fourth-order valence-electron chi connectivity index (χ4n) is 1.17. The number of hydrogen-bond donors (Lipinski definition) is 1. The molecule has 2 unspecified atom stereocenters. The van der Waals surface area contributed by atoms with E-state index in [1.807, 2.05) is 0 Å². The second-order valence-electron chi connectivity index (χ2n) is 2.90. The van der Waals surface area contributed by atoms with E-state index in [0.29, 0.717) is 13.2 Å². The molecule has 1 N–H and O–H groups in total. The molecule has 76 valence electrons. The highest BCUT2D eigenvalue weighted by atomic mass is 16.6. The minimum atomic E-state index is -0.992. The van der Waals surface area contributed by atoms with Gasteiger partial charge >= 0.3 is 5.97 Å². The molecule has 1 aliphatic rings. The van der Waals surface area contributed by atoms with Crippen LogP contribution in [0.15, 0.2) is 0 Å². The Labute approximate surface area is 76.6 Å². The second kappa shape index (κ2) is 5.16. The van der Waals surface area contributed by atoms with Crippen molar-refractivity contribution in [1.82, 2.24) is 0 Å². The van der Waals surface area contributed by atoms with Crippen molar-refractivity contribution in [2.24, 2.45) is 0 Å². The Kier molecular flexibility index (Phi) is 4.14. The highest BCUT2D eigenvalue weighted by Crippen LogP contribution is 2.11. The minimum Gasteiger partial charge on any atom is -0.479 e. The standard InChI is InChI=1S/C8H14O5/c1-11-5-7(8(9)10)13-6-2-3-12-4-6/h6-7H,2-5H2,1H3,(H,9,10). The van der Waals surface area contributed by atoms with Gasteiger partial charge in [0.1, 0.15) is 0 Å². The molecule has 1 saturated heterocycles. The monoisotopic (exact) mass is 190 g/mol. The van der Waals surface area contributed by atoms with Crippen LogP contribution in [0.5, 0.6) is 0 Å². The van der Waals surface area contributed by atoms with Gasteiger partial charge in [-0.15, -0.1) is 0 Å². The number of carbonyl (C=O) groups is 1. The van der Waals surface area contributed by atoms with E-state index in [9.17, 15) is 4.79 Å². The first-order valence-electron chi connectivity index (χ1n) is 4.19. The van der Waals surface area contributed by atoms with Gasteiger partial charge in [0.15, 0.2) is 6.10 Å². The molecule has 2 atom stereocenters. The Morgan fingerprint density at radius 1 is 1.77 bits per heavy atom. The van der Waals surface area contributed by atoms with E-state index < -0.39 is 12.1 Å². The zero-order valence-corrected chi connectivity index (χ0v) is 7.56. The van der Waals surface area contributed by atoms with Crippen LogP contribution in [0.25, 0.3) is 0 Å². The van der Waals surface area contributed by atoms with Crippen molar-refractivity contribution in [3.05, 3.63) is 0 Å². The van der Waals surface area contributed by atoms with Gasteiger partial charge in [0, 0.05) is 13.7 Å². The predicted octanol–water partition coefficient (Wildman–Crippen LogP) is -0.109. The lowest BCUT2D eigenvalue weighted by Gasteiger charge is -2.16. The lowest BCUT2D eigenvalue weighted by atomic mass is 10.3. The van der Waals surface area contributed by atoms with Gasteiger partial charge < -0.3 is 19.3 Å². The van der Waals surface area contributed by atoms with Crippen molar-refractivity contribution in [2.75, 3.05) is 26.9 Å². The maximum Gasteiger partial charge on any atom is 0.335 e. The molecule has 5 nitrogen and oxygen atoms in total. The number of hydrogen-bond acceptors (Lipinski definition) is 4. The summed E-state index contributed by atoms with van der Waals surface area (Å²) in [6, 6.07) is 0. The minimum absolute atomic E-state index is 0.0752. The topological polar surface area (TPSA) is 65.0 Å². The zero-order valence-electron chi connectivity index (χ0n) is 7.56. The molecule has 1 aliphatic heterocycles. The maximum atomic E-state index is 10.6. The van der Waals surface area contributed by atoms with Gasteiger partial charge in [0.25, 0.3) is 0 Å². The molecular formula is C8H14O5. The summed E-state index contributed by atoms with van der Waals surface area (Å²) in [7, 11) is 1.45. The number of carboxylic acids is 1. The zero-order chi connectivity index (χ0) is 9.68. The molecule has 5 heteroatoms. The largest absolute Gasteiger partial charge is 0.479 e. The smallest absolute Gasteiger partial charge is 0.335 e. The number of rotatable bonds is 5. The molecule has 0 spiro atoms. The summed E-state index contributed by atoms with van der Waals surface area (Å²) in [4.78, 5) is 10.6. The highest BCUT2D eigenvalue weighted by Gasteiger charge is 2.25. The molecule has 0 aliphatic carbocycles. The summed E-state index contributed by atoms with van der Waals surface area (Å²) in [5, 5.41) is 8.72. The number of aliphatic carboxylic acids is 1. The van der Waals surface area contributed by atoms with Crippen LogP contribution in [0.1, 0.15) is 6.42 Å². The van der Waals surface area contributed by atoms with Gasteiger partial charge in [-0.25, -0.2) is 4.79 Å². The Hall–Kier alpha value is -0.650. The summed E-state index contributed by atoms with van der Waals surface area (Å²) in [5.41, 5.74) is 0. The summed E-state index contributed by atoms with van der Waals surface area (Å²) in [6.45, 7) is 1.20. The van der Waals surface area contributed by atoms with Crippen molar-refractivity contribution >= 4 is 5.97 Å². The molecule has 0 saturated carbocycles. The fourth-order valence-corrected chi connectivity index (χ4v) is 1.17. The molecule has 0 radical (unpaired) electrons. The summed E-state index contributed by atoms with van der Waals surface area (Å²) in [6.07, 6.45) is -0.221. The van der Waals surface area contributed by atoms with E-state index in [4.69, 9.17) is 19.3 Å². The molecule has 1 heterocycles. The lowest BCUT2D eigenvalue weighted by molar-refractivity contribution is -0.158. The molecule has 13 heavy (non-hydrogen) atoms. The average molecular weight is 190 g/mol. The Balaban J connectivity index is 2.32. The van der Waals surface area contributed by atoms with E-state index in [1.54, 1.807) is 0 Å². The summed E-state index contributed by atoms with van der Waals surface area (Å²) >= 11 is 0. The van der Waals surface area contributed by atoms with Crippen molar-refractivity contribution in [3.8, 4) is 0 Å². The maximum absolute atomic E-state index is 10.6. The van der Waals surface area contributed by atoms with Crippen LogP contribution in [-0.2, 0) is 19.0 Å². The van der Waals surface area contributed by atoms with Gasteiger partial charge in [0.2, 0.25) is 0 Å². The lowest BCUT2D eigenvalue weighted by Crippen LogP contribution is -2.33. The summed E-state index contributed by atoms with van der Waals surface area (Å²) in [5.74, 6) is -0.992. The quantitative estimate of drug-likeness (QED) is 0.655. The van der Waals surface area contributed by atoms with Crippen LogP contribution in [0.4, 0.5) is 0 Å². The van der Waals surface area contributed by atoms with Gasteiger partial charge in [-0.1, -0.05) is 0 Å². The van der Waals surface area contributed by atoms with Gasteiger partial charge in [-0.2, -0.15) is 0 Å². The van der Waals surface area contributed by atoms with E-state index in [2.05, 4.69) is 0 Å². The van der Waals surface area contributed by atoms with E-state index in [0.717, 1.165) is 6.42 Å². The third kappa shape index (κ3) is 3.30. The van der Waals surface area contributed by atoms with Crippen molar-refractivity contribution in [3.63, 3.8) is 0 Å². The van der Waals surface area contributed by atoms with Gasteiger partial charge in [-0.3, -0.25) is 0 Å². The summed E-state index contributed by atoms with van der Waals surface area (Å²) < 4.78 is 15.0. The van der Waals surface area contributed by atoms with Crippen LogP contribution >= 0.6 is 0 Å². The third-order valence-corrected chi connectivity index (χ3v) is 1.84. The van der Waals surface area contributed by atoms with Crippen molar-refractivity contribution in [2.45, 2.75) is 18.6 Å². The predicted molar refractivity (Wildman–Crippen MR) is 43.6 cm³/mol. The molecular weight excluding hydrogens is 176 g/mol. The number of methoxy groups -OCH3 is 1. The fraction of sp³-hybridized carbons (Fsp3) is 0.875. The van der Waals surface area contributed by atoms with Crippen LogP contribution in [0, 0.1) is 0 Å². The number of carboxylic acid groups (broad SMARTS) is 1. The molecule has 0 bridgehead atoms. The molecule has 0 amide bonds. The molecule has 0 aromatic rings. The SMILES string of the molecule is COCC(OC1CCOC1)C(=O)O. The Morgan fingerprint density at radius 2 is 2.54 bits per heavy atom. The second-order valence-corrected chi connectivity index (χ2v) is 2.90. The third-order valence-electron chi connectivity index (χ3n) is 1.84. The highest BCUT2D eigenvalue weighted by molar-refractivity contribution is 5.72. The van der Waals surface area contributed by atoms with Crippen molar-refractivity contribution in [1.29, 1.82) is 0 Å². The Morgan fingerprint density at radius 3 is 3.00 bits per heavy atom. The van der Waals surface area contributed by atoms with Gasteiger partial charge in [0.05, 0.1) is 19.3 Å². The van der Waals surface area contributed by atoms with E-state index >= 15 is 0 Å². The van der Waals surface area contributed by atoms with Crippen LogP contribution in [0.3, 0.4) is 0 Å². The van der Waals surface area contributed by atoms with Crippen molar-refractivity contribution < 1.29 is 24.1 Å². The van der Waals surface area contributed by atoms with Crippen LogP contribution in [-0.4, -0.2) is 50.2 Å². The van der Waals surface area contributed by atoms with E-state index in [1.165, 1.54) is 7.11 Å². The first-order chi connectivity index (χ1) is 6.24. The van der Waals surface area contributed by atoms with E-state index in [-0.39, 0.29) is 12.7 Å². The molecule has 0 aromatic heterocycles. The van der Waals surface area contributed by atoms with Crippen LogP contribution in [0.2, 0.25) is 0 Å². The molecule has 1 rings (SSSR count). The normalized spacial score (nSPS) is 24.5. The number of ether oxygens (including phenoxy) is 3. The Bertz CT molecular complexity index is 164. The first kappa shape index (κ1) is 10.4. The average Bonchev–Trinajstić information content (AvgIpc) is 2.56. The molecule has 1 fully saturated rings. The van der Waals surface area contributed by atoms with Gasteiger partial charge in [-0.05, 0) is 6.42 Å².